The van der Waals surface area contributed by atoms with Gasteiger partial charge in [0, 0.05) is 19.3 Å². The van der Waals surface area contributed by atoms with Gasteiger partial charge in [-0.3, -0.25) is 14.4 Å². The minimum atomic E-state index is -0.767. The number of esters is 3. The van der Waals surface area contributed by atoms with Crippen molar-refractivity contribution >= 4 is 17.9 Å². The molecule has 0 aromatic carbocycles. The Bertz CT molecular complexity index is 1260. The molecule has 6 nitrogen and oxygen atoms in total. The minimum Gasteiger partial charge on any atom is -0.462 e. The smallest absolute Gasteiger partial charge is 0.306 e. The molecule has 1 atom stereocenters. The zero-order valence-electron chi connectivity index (χ0n) is 55.4. The molecule has 1 unspecified atom stereocenters. The van der Waals surface area contributed by atoms with Crippen LogP contribution in [0.5, 0.6) is 0 Å². The van der Waals surface area contributed by atoms with E-state index in [9.17, 15) is 14.4 Å². The summed E-state index contributed by atoms with van der Waals surface area (Å²) in [6.07, 6.45) is 85.3. The molecule has 0 saturated heterocycles. The highest BCUT2D eigenvalue weighted by Gasteiger charge is 2.20. The first kappa shape index (κ1) is 79.2. The third-order valence-corrected chi connectivity index (χ3v) is 17.3. The summed E-state index contributed by atoms with van der Waals surface area (Å²) in [5.41, 5.74) is 0. The Morgan fingerprint density at radius 2 is 0.407 bits per heavy atom. The van der Waals surface area contributed by atoms with Crippen molar-refractivity contribution in [2.75, 3.05) is 13.2 Å². The van der Waals surface area contributed by atoms with Crippen LogP contribution in [0.3, 0.4) is 0 Å². The fraction of sp³-hybridized carbons (Fsp3) is 0.933. The van der Waals surface area contributed by atoms with Crippen molar-refractivity contribution in [1.29, 1.82) is 0 Å². The Morgan fingerprint density at radius 3 is 0.617 bits per heavy atom. The van der Waals surface area contributed by atoms with Crippen molar-refractivity contribution in [3.63, 3.8) is 0 Å². The van der Waals surface area contributed by atoms with Crippen molar-refractivity contribution in [3.8, 4) is 0 Å². The molecule has 0 aliphatic heterocycles. The van der Waals surface area contributed by atoms with E-state index >= 15 is 0 Å². The molecular formula is C75H144O6. The van der Waals surface area contributed by atoms with Crippen molar-refractivity contribution < 1.29 is 28.6 Å². The molecule has 81 heavy (non-hydrogen) atoms. The van der Waals surface area contributed by atoms with Gasteiger partial charge in [-0.1, -0.05) is 380 Å². The van der Waals surface area contributed by atoms with Gasteiger partial charge in [0.05, 0.1) is 0 Å². The Kier molecular flexibility index (Phi) is 69.0. The van der Waals surface area contributed by atoms with Crippen molar-refractivity contribution in [2.24, 2.45) is 0 Å². The number of hydrogen-bond acceptors (Lipinski definition) is 6. The zero-order chi connectivity index (χ0) is 58.5. The molecule has 0 aliphatic carbocycles. The van der Waals surface area contributed by atoms with E-state index in [0.29, 0.717) is 19.3 Å². The molecule has 0 radical (unpaired) electrons. The molecule has 0 aliphatic rings. The van der Waals surface area contributed by atoms with E-state index in [1.165, 1.54) is 334 Å². The second kappa shape index (κ2) is 70.6. The van der Waals surface area contributed by atoms with Crippen LogP contribution in [0.4, 0.5) is 0 Å². The van der Waals surface area contributed by atoms with Gasteiger partial charge in [0.2, 0.25) is 0 Å². The summed E-state index contributed by atoms with van der Waals surface area (Å²) < 4.78 is 17.1. The van der Waals surface area contributed by atoms with Gasteiger partial charge in [-0.05, 0) is 44.9 Å². The van der Waals surface area contributed by atoms with Crippen LogP contribution < -0.4 is 0 Å². The molecule has 0 heterocycles. The quantitative estimate of drug-likeness (QED) is 0.0261. The van der Waals surface area contributed by atoms with E-state index in [1.807, 2.05) is 0 Å². The van der Waals surface area contributed by atoms with Gasteiger partial charge in [0.25, 0.3) is 0 Å². The van der Waals surface area contributed by atoms with Gasteiger partial charge >= 0.3 is 17.9 Å². The van der Waals surface area contributed by atoms with Crippen LogP contribution in [0, 0.1) is 0 Å². The maximum absolute atomic E-state index is 13.0. The molecule has 0 bridgehead atoms. The highest BCUT2D eigenvalue weighted by atomic mass is 16.6. The topological polar surface area (TPSA) is 78.9 Å². The summed E-state index contributed by atoms with van der Waals surface area (Å²) in [5, 5.41) is 0. The van der Waals surface area contributed by atoms with Gasteiger partial charge in [-0.2, -0.15) is 0 Å². The van der Waals surface area contributed by atoms with Gasteiger partial charge in [-0.15, -0.1) is 0 Å². The molecule has 0 aromatic heterocycles. The largest absolute Gasteiger partial charge is 0.462 e. The first-order chi connectivity index (χ1) is 40.0. The fourth-order valence-corrected chi connectivity index (χ4v) is 11.7. The molecule has 0 N–H and O–H groups in total. The predicted octanol–water partition coefficient (Wildman–Crippen LogP) is 25.6. The van der Waals surface area contributed by atoms with Crippen LogP contribution in [-0.2, 0) is 28.6 Å². The molecule has 480 valence electrons. The van der Waals surface area contributed by atoms with Gasteiger partial charge in [0.1, 0.15) is 13.2 Å². The first-order valence-electron chi connectivity index (χ1n) is 37.2. The Balaban J connectivity index is 4.28. The summed E-state index contributed by atoms with van der Waals surface area (Å²) in [4.78, 5) is 38.5. The zero-order valence-corrected chi connectivity index (χ0v) is 55.4. The third kappa shape index (κ3) is 68.8. The van der Waals surface area contributed by atoms with Gasteiger partial charge < -0.3 is 14.2 Å². The Morgan fingerprint density at radius 1 is 0.235 bits per heavy atom. The van der Waals surface area contributed by atoms with Crippen molar-refractivity contribution in [1.82, 2.24) is 0 Å². The summed E-state index contributed by atoms with van der Waals surface area (Å²) in [7, 11) is 0. The summed E-state index contributed by atoms with van der Waals surface area (Å²) in [5.74, 6) is -0.822. The van der Waals surface area contributed by atoms with Crippen LogP contribution in [0.15, 0.2) is 12.2 Å². The Hall–Kier alpha value is -1.85. The average molecular weight is 1140 g/mol. The SMILES string of the molecule is CCCCCCCCCC/C=C\CCCCCCCCCCCCCC(=O)OCC(COC(=O)CCCCCCCCCCCCCCCCCCCCC)OC(=O)CCCCCCCCCCCCCCCCCCCCCCC. The van der Waals surface area contributed by atoms with E-state index < -0.39 is 6.10 Å². The molecule has 6 heteroatoms. The lowest BCUT2D eigenvalue weighted by Crippen LogP contribution is -2.30. The minimum absolute atomic E-state index is 0.0624. The third-order valence-electron chi connectivity index (χ3n) is 17.3. The molecule has 0 fully saturated rings. The van der Waals surface area contributed by atoms with Crippen LogP contribution in [-0.4, -0.2) is 37.2 Å². The lowest BCUT2D eigenvalue weighted by Gasteiger charge is -2.18. The van der Waals surface area contributed by atoms with Gasteiger partial charge in [0.15, 0.2) is 6.10 Å². The summed E-state index contributed by atoms with van der Waals surface area (Å²) in [6, 6.07) is 0. The number of unbranched alkanes of at least 4 members (excludes halogenated alkanes) is 57. The average Bonchev–Trinajstić information content (AvgIpc) is 3.47. The van der Waals surface area contributed by atoms with Crippen LogP contribution in [0.2, 0.25) is 0 Å². The Labute approximate surface area is 507 Å². The molecule has 0 spiro atoms. The maximum atomic E-state index is 13.0. The number of ether oxygens (including phenoxy) is 3. The fourth-order valence-electron chi connectivity index (χ4n) is 11.7. The standard InChI is InChI=1S/C75H144O6/c1-4-7-10-13-16-19-22-25-28-31-34-36-37-39-41-44-47-50-53-56-59-62-65-68-74(77)80-71-72(70-79-73(76)67-64-61-58-55-52-49-46-43-40-33-30-27-24-21-18-15-12-9-6-3)81-75(78)69-66-63-60-57-54-51-48-45-42-38-35-32-29-26-23-20-17-14-11-8-5-2/h31,34,72H,4-30,32-33,35-71H2,1-3H3/b34-31-. The van der Waals surface area contributed by atoms with E-state index in [1.54, 1.807) is 0 Å². The highest BCUT2D eigenvalue weighted by molar-refractivity contribution is 5.71. The van der Waals surface area contributed by atoms with Gasteiger partial charge in [-0.25, -0.2) is 0 Å². The lowest BCUT2D eigenvalue weighted by molar-refractivity contribution is -0.167. The van der Waals surface area contributed by atoms with E-state index in [-0.39, 0.29) is 31.1 Å². The van der Waals surface area contributed by atoms with E-state index in [2.05, 4.69) is 32.9 Å². The lowest BCUT2D eigenvalue weighted by atomic mass is 10.0. The number of hydrogen-bond donors (Lipinski definition) is 0. The molecule has 0 rings (SSSR count). The normalized spacial score (nSPS) is 12.0. The highest BCUT2D eigenvalue weighted by Crippen LogP contribution is 2.19. The maximum Gasteiger partial charge on any atom is 0.306 e. The second-order valence-electron chi connectivity index (χ2n) is 25.6. The van der Waals surface area contributed by atoms with Crippen LogP contribution in [0.25, 0.3) is 0 Å². The predicted molar refractivity (Wildman–Crippen MR) is 353 cm³/mol. The number of allylic oxidation sites excluding steroid dienone is 2. The summed E-state index contributed by atoms with van der Waals surface area (Å²) >= 11 is 0. The molecule has 0 aromatic rings. The number of rotatable bonds is 70. The first-order valence-corrected chi connectivity index (χ1v) is 37.2. The monoisotopic (exact) mass is 1140 g/mol. The number of carbonyl (C=O) groups is 3. The second-order valence-corrected chi connectivity index (χ2v) is 25.6. The van der Waals surface area contributed by atoms with Crippen LogP contribution >= 0.6 is 0 Å². The number of carbonyl (C=O) groups excluding carboxylic acids is 3. The van der Waals surface area contributed by atoms with E-state index in [0.717, 1.165) is 57.8 Å². The molecule has 0 saturated carbocycles. The van der Waals surface area contributed by atoms with E-state index in [4.69, 9.17) is 14.2 Å². The summed E-state index contributed by atoms with van der Waals surface area (Å²) in [6.45, 7) is 6.75. The molecule has 0 amide bonds. The van der Waals surface area contributed by atoms with Crippen LogP contribution in [0.1, 0.15) is 432 Å². The van der Waals surface area contributed by atoms with Crippen molar-refractivity contribution in [3.05, 3.63) is 12.2 Å². The molecular weight excluding hydrogens is 997 g/mol. The van der Waals surface area contributed by atoms with Crippen molar-refractivity contribution in [2.45, 2.75) is 438 Å².